The lowest BCUT2D eigenvalue weighted by molar-refractivity contribution is -0.131. The lowest BCUT2D eigenvalue weighted by Gasteiger charge is -2.18. The molecule has 6 heteroatoms. The van der Waals surface area contributed by atoms with Crippen LogP contribution in [0.5, 0.6) is 0 Å². The van der Waals surface area contributed by atoms with Crippen LogP contribution >= 0.6 is 0 Å². The molecule has 0 saturated carbocycles. The highest BCUT2D eigenvalue weighted by atomic mass is 32.2. The molecule has 1 fully saturated rings. The molecule has 1 unspecified atom stereocenters. The van der Waals surface area contributed by atoms with Crippen LogP contribution in [0.1, 0.15) is 18.1 Å². The Morgan fingerprint density at radius 2 is 2.15 bits per heavy atom. The van der Waals surface area contributed by atoms with Crippen LogP contribution in [0.3, 0.4) is 0 Å². The Bertz CT molecular complexity index is 664. The first-order chi connectivity index (χ1) is 9.29. The lowest BCUT2D eigenvalue weighted by atomic mass is 10.1. The fraction of sp³-hybridized carbons (Fsp3) is 0.357. The molecule has 1 aromatic rings. The number of aryl methyl sites for hydroxylation is 1. The van der Waals surface area contributed by atoms with Crippen molar-refractivity contribution in [2.75, 3.05) is 16.6 Å². The summed E-state index contributed by atoms with van der Waals surface area (Å²) in [6.07, 6.45) is 2.53. The van der Waals surface area contributed by atoms with E-state index >= 15 is 0 Å². The van der Waals surface area contributed by atoms with E-state index in [2.05, 4.69) is 0 Å². The van der Waals surface area contributed by atoms with E-state index in [1.54, 1.807) is 18.2 Å². The zero-order valence-corrected chi connectivity index (χ0v) is 12.2. The second kappa shape index (κ2) is 5.28. The van der Waals surface area contributed by atoms with Crippen molar-refractivity contribution in [3.8, 4) is 0 Å². The van der Waals surface area contributed by atoms with Crippen molar-refractivity contribution in [1.29, 1.82) is 0 Å². The van der Waals surface area contributed by atoms with E-state index in [1.807, 2.05) is 13.8 Å². The molecule has 1 saturated heterocycles. The molecule has 108 valence electrons. The predicted octanol–water partition coefficient (Wildman–Crippen LogP) is 1.88. The van der Waals surface area contributed by atoms with Crippen molar-refractivity contribution < 1.29 is 18.3 Å². The third-order valence-corrected chi connectivity index (χ3v) is 5.29. The van der Waals surface area contributed by atoms with Crippen molar-refractivity contribution in [1.82, 2.24) is 0 Å². The number of rotatable bonds is 3. The molecule has 1 aromatic carbocycles. The van der Waals surface area contributed by atoms with E-state index in [0.717, 1.165) is 11.6 Å². The third kappa shape index (κ3) is 3.01. The molecule has 0 amide bonds. The quantitative estimate of drug-likeness (QED) is 0.864. The molecule has 0 aliphatic carbocycles. The van der Waals surface area contributed by atoms with Gasteiger partial charge in [0.15, 0.2) is 0 Å². The molecule has 2 rings (SSSR count). The highest BCUT2D eigenvalue weighted by molar-refractivity contribution is 7.93. The maximum atomic E-state index is 12.0. The van der Waals surface area contributed by atoms with Gasteiger partial charge in [-0.2, -0.15) is 0 Å². The van der Waals surface area contributed by atoms with Gasteiger partial charge in [-0.25, -0.2) is 13.2 Å². The number of carboxylic acids is 1. The fourth-order valence-electron chi connectivity index (χ4n) is 2.29. The number of sulfonamides is 1. The Balaban J connectivity index is 2.39. The van der Waals surface area contributed by atoms with E-state index in [-0.39, 0.29) is 11.7 Å². The minimum Gasteiger partial charge on any atom is -0.478 e. The van der Waals surface area contributed by atoms with Crippen molar-refractivity contribution in [3.05, 3.63) is 35.4 Å². The molecule has 1 N–H and O–H groups in total. The highest BCUT2D eigenvalue weighted by Crippen LogP contribution is 2.28. The maximum Gasteiger partial charge on any atom is 0.328 e. The SMILES string of the molecule is Cc1ccc(N2CC(C)CS2(=O)=O)cc1C=CC(=O)O. The Morgan fingerprint density at radius 1 is 1.45 bits per heavy atom. The minimum atomic E-state index is -3.26. The fourth-order valence-corrected chi connectivity index (χ4v) is 4.21. The maximum absolute atomic E-state index is 12.0. The molecular formula is C14H17NO4S. The third-order valence-electron chi connectivity index (χ3n) is 3.26. The van der Waals surface area contributed by atoms with Gasteiger partial charge in [-0.1, -0.05) is 13.0 Å². The lowest BCUT2D eigenvalue weighted by Crippen LogP contribution is -2.25. The van der Waals surface area contributed by atoms with Crippen LogP contribution in [-0.4, -0.2) is 31.8 Å². The van der Waals surface area contributed by atoms with Gasteiger partial charge in [0.2, 0.25) is 10.0 Å². The summed E-state index contributed by atoms with van der Waals surface area (Å²) in [5.74, 6) is -0.780. The van der Waals surface area contributed by atoms with Crippen LogP contribution in [-0.2, 0) is 14.8 Å². The van der Waals surface area contributed by atoms with Gasteiger partial charge in [0, 0.05) is 12.6 Å². The van der Waals surface area contributed by atoms with E-state index in [0.29, 0.717) is 17.8 Å². The largest absolute Gasteiger partial charge is 0.478 e. The van der Waals surface area contributed by atoms with E-state index in [1.165, 1.54) is 10.4 Å². The molecule has 0 aromatic heterocycles. The molecular weight excluding hydrogens is 278 g/mol. The summed E-state index contributed by atoms with van der Waals surface area (Å²) < 4.78 is 25.5. The second-order valence-corrected chi connectivity index (χ2v) is 7.07. The highest BCUT2D eigenvalue weighted by Gasteiger charge is 2.33. The normalized spacial score (nSPS) is 21.5. The minimum absolute atomic E-state index is 0.0966. The number of hydrogen-bond donors (Lipinski definition) is 1. The molecule has 0 bridgehead atoms. The van der Waals surface area contributed by atoms with Gasteiger partial charge in [-0.3, -0.25) is 4.31 Å². The van der Waals surface area contributed by atoms with Crippen molar-refractivity contribution in [2.24, 2.45) is 5.92 Å². The van der Waals surface area contributed by atoms with Crippen molar-refractivity contribution >= 4 is 27.8 Å². The van der Waals surface area contributed by atoms with E-state index in [9.17, 15) is 13.2 Å². The number of anilines is 1. The van der Waals surface area contributed by atoms with Crippen LogP contribution in [0.2, 0.25) is 0 Å². The number of carboxylic acid groups (broad SMARTS) is 1. The number of hydrogen-bond acceptors (Lipinski definition) is 3. The Labute approximate surface area is 118 Å². The van der Waals surface area contributed by atoms with Crippen LogP contribution < -0.4 is 4.31 Å². The summed E-state index contributed by atoms with van der Waals surface area (Å²) in [4.78, 5) is 10.6. The standard InChI is InChI=1S/C14H17NO4S/c1-10-8-15(20(18,19)9-10)13-5-3-11(2)12(7-13)4-6-14(16)17/h3-7,10H,8-9H2,1-2H3,(H,16,17). The van der Waals surface area contributed by atoms with Crippen LogP contribution in [0.4, 0.5) is 5.69 Å². The van der Waals surface area contributed by atoms with E-state index < -0.39 is 16.0 Å². The number of nitrogens with zero attached hydrogens (tertiary/aromatic N) is 1. The Hall–Kier alpha value is -1.82. The van der Waals surface area contributed by atoms with Gasteiger partial charge in [0.05, 0.1) is 11.4 Å². The van der Waals surface area contributed by atoms with Gasteiger partial charge in [-0.15, -0.1) is 0 Å². The van der Waals surface area contributed by atoms with Crippen molar-refractivity contribution in [2.45, 2.75) is 13.8 Å². The first-order valence-electron chi connectivity index (χ1n) is 6.31. The summed E-state index contributed by atoms with van der Waals surface area (Å²) in [5.41, 5.74) is 2.19. The Morgan fingerprint density at radius 3 is 2.70 bits per heavy atom. The summed E-state index contributed by atoms with van der Waals surface area (Å²) >= 11 is 0. The average Bonchev–Trinajstić information content (AvgIpc) is 2.61. The molecule has 0 radical (unpaired) electrons. The molecule has 5 nitrogen and oxygen atoms in total. The van der Waals surface area contributed by atoms with E-state index in [4.69, 9.17) is 5.11 Å². The number of carbonyl (C=O) groups is 1. The first-order valence-corrected chi connectivity index (χ1v) is 7.92. The molecule has 1 aliphatic heterocycles. The smallest absolute Gasteiger partial charge is 0.328 e. The Kier molecular flexibility index (Phi) is 3.85. The second-order valence-electron chi connectivity index (χ2n) is 5.13. The van der Waals surface area contributed by atoms with Crippen molar-refractivity contribution in [3.63, 3.8) is 0 Å². The zero-order chi connectivity index (χ0) is 14.9. The molecule has 20 heavy (non-hydrogen) atoms. The van der Waals surface area contributed by atoms with Gasteiger partial charge in [0.1, 0.15) is 0 Å². The number of benzene rings is 1. The number of aliphatic carboxylic acids is 1. The molecule has 1 atom stereocenters. The van der Waals surface area contributed by atoms with Crippen LogP contribution in [0, 0.1) is 12.8 Å². The zero-order valence-electron chi connectivity index (χ0n) is 11.4. The summed E-state index contributed by atoms with van der Waals surface area (Å²) in [5, 5.41) is 8.67. The summed E-state index contributed by atoms with van der Waals surface area (Å²) in [7, 11) is -3.26. The van der Waals surface area contributed by atoms with Crippen LogP contribution in [0.25, 0.3) is 6.08 Å². The predicted molar refractivity (Wildman–Crippen MR) is 78.1 cm³/mol. The van der Waals surface area contributed by atoms with Gasteiger partial charge >= 0.3 is 5.97 Å². The molecule has 1 aliphatic rings. The van der Waals surface area contributed by atoms with Crippen LogP contribution in [0.15, 0.2) is 24.3 Å². The molecule has 0 spiro atoms. The first kappa shape index (κ1) is 14.6. The average molecular weight is 295 g/mol. The molecule has 1 heterocycles. The summed E-state index contributed by atoms with van der Waals surface area (Å²) in [6, 6.07) is 5.27. The monoisotopic (exact) mass is 295 g/mol. The summed E-state index contributed by atoms with van der Waals surface area (Å²) in [6.45, 7) is 4.22. The van der Waals surface area contributed by atoms with Gasteiger partial charge < -0.3 is 5.11 Å². The topological polar surface area (TPSA) is 74.7 Å². The van der Waals surface area contributed by atoms with Gasteiger partial charge in [0.25, 0.3) is 0 Å². The van der Waals surface area contributed by atoms with Gasteiger partial charge in [-0.05, 0) is 42.2 Å².